The molecule has 4 N–H and O–H groups in total. The van der Waals surface area contributed by atoms with Gasteiger partial charge in [0.05, 0.1) is 7.11 Å². The molecule has 0 saturated heterocycles. The highest BCUT2D eigenvalue weighted by molar-refractivity contribution is 8.13. The lowest BCUT2D eigenvalue weighted by molar-refractivity contribution is 0.414. The van der Waals surface area contributed by atoms with Crippen LogP contribution in [-0.2, 0) is 6.42 Å². The van der Waals surface area contributed by atoms with Crippen molar-refractivity contribution in [2.45, 2.75) is 6.42 Å². The average Bonchev–Trinajstić information content (AvgIpc) is 2.29. The third kappa shape index (κ3) is 4.12. The zero-order chi connectivity index (χ0) is 11.1. The number of hydrogen-bond donors (Lipinski definition) is 2. The Kier molecular flexibility index (Phi) is 4.83. The number of ether oxygens (including phenoxy) is 1. The van der Waals surface area contributed by atoms with Gasteiger partial charge in [0.25, 0.3) is 0 Å². The van der Waals surface area contributed by atoms with Gasteiger partial charge in [-0.3, -0.25) is 0 Å². The first-order valence-electron chi connectivity index (χ1n) is 4.55. The molecule has 0 fully saturated rings. The first kappa shape index (κ1) is 11.7. The SMILES string of the molecule is COc1ccc(CCSC(N)=NN)cc1. The summed E-state index contributed by atoms with van der Waals surface area (Å²) in [5, 5.41) is 3.80. The van der Waals surface area contributed by atoms with Gasteiger partial charge in [-0.15, -0.1) is 0 Å². The molecule has 0 spiro atoms. The van der Waals surface area contributed by atoms with Crippen LogP contribution in [0.5, 0.6) is 5.75 Å². The van der Waals surface area contributed by atoms with Gasteiger partial charge >= 0.3 is 0 Å². The summed E-state index contributed by atoms with van der Waals surface area (Å²) < 4.78 is 5.07. The Balaban J connectivity index is 2.38. The predicted octanol–water partition coefficient (Wildman–Crippen LogP) is 1.16. The third-order valence-corrected chi connectivity index (χ3v) is 2.74. The molecule has 0 aliphatic heterocycles. The molecule has 0 atom stereocenters. The number of rotatable bonds is 4. The van der Waals surface area contributed by atoms with Gasteiger partial charge < -0.3 is 16.3 Å². The Morgan fingerprint density at radius 2 is 2.07 bits per heavy atom. The average molecular weight is 225 g/mol. The number of aryl methyl sites for hydroxylation is 1. The summed E-state index contributed by atoms with van der Waals surface area (Å²) in [4.78, 5) is 0. The Hall–Kier alpha value is -1.36. The summed E-state index contributed by atoms with van der Waals surface area (Å²) in [5.41, 5.74) is 6.69. The van der Waals surface area contributed by atoms with E-state index >= 15 is 0 Å². The highest BCUT2D eigenvalue weighted by atomic mass is 32.2. The molecule has 0 saturated carbocycles. The van der Waals surface area contributed by atoms with Crippen molar-refractivity contribution in [3.8, 4) is 5.75 Å². The summed E-state index contributed by atoms with van der Waals surface area (Å²) in [6, 6.07) is 7.96. The van der Waals surface area contributed by atoms with E-state index in [2.05, 4.69) is 5.10 Å². The van der Waals surface area contributed by atoms with E-state index in [4.69, 9.17) is 16.3 Å². The van der Waals surface area contributed by atoms with Crippen LogP contribution in [0.3, 0.4) is 0 Å². The topological polar surface area (TPSA) is 73.6 Å². The van der Waals surface area contributed by atoms with Gasteiger partial charge in [-0.1, -0.05) is 23.9 Å². The van der Waals surface area contributed by atoms with Crippen molar-refractivity contribution in [1.29, 1.82) is 0 Å². The van der Waals surface area contributed by atoms with Crippen LogP contribution in [0.15, 0.2) is 29.4 Å². The molecule has 0 aliphatic carbocycles. The summed E-state index contributed by atoms with van der Waals surface area (Å²) >= 11 is 1.45. The number of amidine groups is 1. The number of nitrogens with two attached hydrogens (primary N) is 2. The van der Waals surface area contributed by atoms with E-state index in [1.54, 1.807) is 7.11 Å². The molecule has 0 radical (unpaired) electrons. The van der Waals surface area contributed by atoms with E-state index < -0.39 is 0 Å². The van der Waals surface area contributed by atoms with Gasteiger partial charge in [0.15, 0.2) is 5.17 Å². The fourth-order valence-corrected chi connectivity index (χ4v) is 1.72. The maximum Gasteiger partial charge on any atom is 0.177 e. The smallest absolute Gasteiger partial charge is 0.177 e. The normalized spacial score (nSPS) is 11.4. The van der Waals surface area contributed by atoms with E-state index in [9.17, 15) is 0 Å². The van der Waals surface area contributed by atoms with E-state index in [1.807, 2.05) is 24.3 Å². The summed E-state index contributed by atoms with van der Waals surface area (Å²) in [6.45, 7) is 0. The molecular formula is C10H15N3OS. The summed E-state index contributed by atoms with van der Waals surface area (Å²) in [6.07, 6.45) is 0.935. The Morgan fingerprint density at radius 1 is 1.40 bits per heavy atom. The molecule has 0 aliphatic rings. The third-order valence-electron chi connectivity index (χ3n) is 1.93. The van der Waals surface area contributed by atoms with Crippen molar-refractivity contribution in [3.63, 3.8) is 0 Å². The molecule has 0 aromatic heterocycles. The number of benzene rings is 1. The van der Waals surface area contributed by atoms with Crippen LogP contribution in [0, 0.1) is 0 Å². The Morgan fingerprint density at radius 3 is 2.60 bits per heavy atom. The van der Waals surface area contributed by atoms with E-state index in [0.717, 1.165) is 17.9 Å². The maximum absolute atomic E-state index is 5.45. The minimum Gasteiger partial charge on any atom is -0.497 e. The number of methoxy groups -OCH3 is 1. The minimum atomic E-state index is 0.420. The van der Waals surface area contributed by atoms with Crippen molar-refractivity contribution in [1.82, 2.24) is 0 Å². The van der Waals surface area contributed by atoms with Crippen LogP contribution in [0.4, 0.5) is 0 Å². The molecule has 1 aromatic carbocycles. The fraction of sp³-hybridized carbons (Fsp3) is 0.300. The Labute approximate surface area is 93.7 Å². The highest BCUT2D eigenvalue weighted by Gasteiger charge is 1.97. The van der Waals surface area contributed by atoms with Crippen molar-refractivity contribution in [3.05, 3.63) is 29.8 Å². The Bertz CT molecular complexity index is 324. The van der Waals surface area contributed by atoms with Crippen molar-refractivity contribution < 1.29 is 4.74 Å². The number of thioether (sulfide) groups is 1. The van der Waals surface area contributed by atoms with Crippen molar-refractivity contribution in [2.75, 3.05) is 12.9 Å². The molecule has 0 unspecified atom stereocenters. The molecule has 0 heterocycles. The van der Waals surface area contributed by atoms with E-state index in [-0.39, 0.29) is 0 Å². The van der Waals surface area contributed by atoms with Crippen LogP contribution >= 0.6 is 11.8 Å². The molecular weight excluding hydrogens is 210 g/mol. The van der Waals surface area contributed by atoms with Gasteiger partial charge in [0.1, 0.15) is 5.75 Å². The highest BCUT2D eigenvalue weighted by Crippen LogP contribution is 2.13. The second-order valence-electron chi connectivity index (χ2n) is 2.91. The quantitative estimate of drug-likeness (QED) is 0.349. The largest absolute Gasteiger partial charge is 0.497 e. The lowest BCUT2D eigenvalue weighted by Gasteiger charge is -2.03. The van der Waals surface area contributed by atoms with E-state index in [1.165, 1.54) is 17.3 Å². The molecule has 82 valence electrons. The molecule has 15 heavy (non-hydrogen) atoms. The monoisotopic (exact) mass is 225 g/mol. The zero-order valence-corrected chi connectivity index (χ0v) is 9.46. The number of hydrazone groups is 1. The molecule has 0 bridgehead atoms. The molecule has 5 heteroatoms. The van der Waals surface area contributed by atoms with Crippen LogP contribution < -0.4 is 16.3 Å². The second kappa shape index (κ2) is 6.19. The summed E-state index contributed by atoms with van der Waals surface area (Å²) in [7, 11) is 1.66. The van der Waals surface area contributed by atoms with Crippen LogP contribution in [0.2, 0.25) is 0 Å². The van der Waals surface area contributed by atoms with Crippen molar-refractivity contribution >= 4 is 16.9 Å². The zero-order valence-electron chi connectivity index (χ0n) is 8.64. The first-order valence-corrected chi connectivity index (χ1v) is 5.54. The lowest BCUT2D eigenvalue weighted by atomic mass is 10.2. The molecule has 4 nitrogen and oxygen atoms in total. The molecule has 1 rings (SSSR count). The minimum absolute atomic E-state index is 0.420. The molecule has 0 amide bonds. The van der Waals surface area contributed by atoms with Crippen molar-refractivity contribution in [2.24, 2.45) is 16.7 Å². The number of nitrogens with zero attached hydrogens (tertiary/aromatic N) is 1. The van der Waals surface area contributed by atoms with Crippen LogP contribution in [0.25, 0.3) is 0 Å². The van der Waals surface area contributed by atoms with Gasteiger partial charge in [-0.2, -0.15) is 5.10 Å². The van der Waals surface area contributed by atoms with E-state index in [0.29, 0.717) is 5.17 Å². The number of hydrogen-bond acceptors (Lipinski definition) is 4. The van der Waals surface area contributed by atoms with Gasteiger partial charge in [0.2, 0.25) is 0 Å². The van der Waals surface area contributed by atoms with Gasteiger partial charge in [-0.05, 0) is 24.1 Å². The van der Waals surface area contributed by atoms with Gasteiger partial charge in [-0.25, -0.2) is 0 Å². The molecule has 1 aromatic rings. The summed E-state index contributed by atoms with van der Waals surface area (Å²) in [5.74, 6) is 6.76. The lowest BCUT2D eigenvalue weighted by Crippen LogP contribution is -2.10. The van der Waals surface area contributed by atoms with Crippen LogP contribution in [-0.4, -0.2) is 18.0 Å². The fourth-order valence-electron chi connectivity index (χ4n) is 1.10. The maximum atomic E-state index is 5.45. The second-order valence-corrected chi connectivity index (χ2v) is 4.03. The standard InChI is InChI=1S/C10H15N3OS/c1-14-9-4-2-8(3-5-9)6-7-15-10(11)13-12/h2-5H,6-7,12H2,1H3,(H2,11,13). The van der Waals surface area contributed by atoms with Crippen LogP contribution in [0.1, 0.15) is 5.56 Å². The predicted molar refractivity (Wildman–Crippen MR) is 65.0 cm³/mol. The first-order chi connectivity index (χ1) is 7.26. The van der Waals surface area contributed by atoms with Gasteiger partial charge in [0, 0.05) is 5.75 Å².